The molecule has 0 unspecified atom stereocenters. The Kier molecular flexibility index (Phi) is 6.00. The van der Waals surface area contributed by atoms with E-state index in [1.165, 1.54) is 0 Å². The molecule has 0 atom stereocenters. The van der Waals surface area contributed by atoms with Gasteiger partial charge in [-0.3, -0.25) is 0 Å². The third-order valence-electron chi connectivity index (χ3n) is 1.83. The molecular formula is C11H18N2OS. The van der Waals surface area contributed by atoms with Crippen molar-refractivity contribution in [3.8, 4) is 5.75 Å². The normalized spacial score (nSPS) is 10.0. The molecule has 0 bridgehead atoms. The van der Waals surface area contributed by atoms with E-state index in [-0.39, 0.29) is 0 Å². The number of thioether (sulfide) groups is 1. The Balaban J connectivity index is 2.52. The average Bonchev–Trinajstić information content (AvgIpc) is 2.28. The second kappa shape index (κ2) is 7.40. The highest BCUT2D eigenvalue weighted by Crippen LogP contribution is 2.20. The summed E-state index contributed by atoms with van der Waals surface area (Å²) in [5.41, 5.74) is 0. The van der Waals surface area contributed by atoms with Gasteiger partial charge in [0.05, 0.1) is 6.61 Å². The van der Waals surface area contributed by atoms with Crippen LogP contribution in [0.15, 0.2) is 18.3 Å². The number of nitrogens with one attached hydrogen (secondary N) is 1. The molecule has 1 N–H and O–H groups in total. The molecule has 1 rings (SSSR count). The maximum Gasteiger partial charge on any atom is 0.168 e. The van der Waals surface area contributed by atoms with Gasteiger partial charge in [-0.05, 0) is 24.8 Å². The van der Waals surface area contributed by atoms with Crippen molar-refractivity contribution in [1.82, 2.24) is 4.98 Å². The van der Waals surface area contributed by atoms with Gasteiger partial charge in [-0.2, -0.15) is 11.8 Å². The van der Waals surface area contributed by atoms with Gasteiger partial charge >= 0.3 is 0 Å². The minimum absolute atomic E-state index is 0.739. The average molecular weight is 226 g/mol. The minimum Gasteiger partial charge on any atom is -0.490 e. The van der Waals surface area contributed by atoms with Crippen molar-refractivity contribution < 1.29 is 4.74 Å². The lowest BCUT2D eigenvalue weighted by Crippen LogP contribution is -2.07. The molecule has 1 aromatic heterocycles. The third kappa shape index (κ3) is 4.42. The highest BCUT2D eigenvalue weighted by Gasteiger charge is 2.02. The first-order chi connectivity index (χ1) is 7.38. The van der Waals surface area contributed by atoms with Crippen LogP contribution in [0.25, 0.3) is 0 Å². The molecule has 4 heteroatoms. The summed E-state index contributed by atoms with van der Waals surface area (Å²) in [5.74, 6) is 2.77. The van der Waals surface area contributed by atoms with E-state index < -0.39 is 0 Å². The number of hydrogen-bond acceptors (Lipinski definition) is 4. The maximum atomic E-state index is 5.59. The van der Waals surface area contributed by atoms with Crippen LogP contribution >= 0.6 is 11.8 Å². The molecule has 84 valence electrons. The summed E-state index contributed by atoms with van der Waals surface area (Å²) >= 11 is 1.81. The van der Waals surface area contributed by atoms with E-state index >= 15 is 0 Å². The molecule has 0 aliphatic heterocycles. The van der Waals surface area contributed by atoms with Gasteiger partial charge in [-0.25, -0.2) is 4.98 Å². The van der Waals surface area contributed by atoms with Crippen molar-refractivity contribution in [3.63, 3.8) is 0 Å². The van der Waals surface area contributed by atoms with Gasteiger partial charge < -0.3 is 10.1 Å². The standard InChI is InChI=1S/C11H18N2OS/c1-3-8-14-10-5-4-6-12-11(10)13-7-9-15-2/h4-6H,3,7-9H2,1-2H3,(H,12,13). The zero-order valence-electron chi connectivity index (χ0n) is 9.32. The lowest BCUT2D eigenvalue weighted by molar-refractivity contribution is 0.318. The summed E-state index contributed by atoms with van der Waals surface area (Å²) in [6.45, 7) is 3.75. The van der Waals surface area contributed by atoms with E-state index in [2.05, 4.69) is 23.5 Å². The second-order valence-corrected chi connectivity index (χ2v) is 4.10. The van der Waals surface area contributed by atoms with Crippen LogP contribution in [0.4, 0.5) is 5.82 Å². The van der Waals surface area contributed by atoms with Crippen LogP contribution in [0, 0.1) is 0 Å². The second-order valence-electron chi connectivity index (χ2n) is 3.12. The predicted octanol–water partition coefficient (Wildman–Crippen LogP) is 2.65. The van der Waals surface area contributed by atoms with Gasteiger partial charge in [-0.1, -0.05) is 6.92 Å². The van der Waals surface area contributed by atoms with E-state index in [0.29, 0.717) is 0 Å². The molecule has 0 amide bonds. The number of aromatic nitrogens is 1. The number of nitrogens with zero attached hydrogens (tertiary/aromatic N) is 1. The number of anilines is 1. The van der Waals surface area contributed by atoms with Gasteiger partial charge in [0.1, 0.15) is 0 Å². The summed E-state index contributed by atoms with van der Waals surface area (Å²) in [5, 5.41) is 3.27. The highest BCUT2D eigenvalue weighted by molar-refractivity contribution is 7.98. The Morgan fingerprint density at radius 1 is 1.53 bits per heavy atom. The molecule has 0 spiro atoms. The van der Waals surface area contributed by atoms with Gasteiger partial charge in [0.2, 0.25) is 0 Å². The molecule has 0 aliphatic carbocycles. The van der Waals surface area contributed by atoms with E-state index in [4.69, 9.17) is 4.74 Å². The fourth-order valence-corrected chi connectivity index (χ4v) is 1.43. The maximum absolute atomic E-state index is 5.59. The largest absolute Gasteiger partial charge is 0.490 e. The number of rotatable bonds is 7. The fraction of sp³-hybridized carbons (Fsp3) is 0.545. The Hall–Kier alpha value is -0.900. The quantitative estimate of drug-likeness (QED) is 0.725. The van der Waals surface area contributed by atoms with Crippen LogP contribution in [0.3, 0.4) is 0 Å². The lowest BCUT2D eigenvalue weighted by Gasteiger charge is -2.10. The monoisotopic (exact) mass is 226 g/mol. The first-order valence-corrected chi connectivity index (χ1v) is 6.58. The number of hydrogen-bond donors (Lipinski definition) is 1. The predicted molar refractivity (Wildman–Crippen MR) is 66.9 cm³/mol. The van der Waals surface area contributed by atoms with Crippen molar-refractivity contribution >= 4 is 17.6 Å². The van der Waals surface area contributed by atoms with E-state index in [1.54, 1.807) is 6.20 Å². The molecule has 1 heterocycles. The number of ether oxygens (including phenoxy) is 1. The molecule has 3 nitrogen and oxygen atoms in total. The first-order valence-electron chi connectivity index (χ1n) is 5.19. The van der Waals surface area contributed by atoms with Crippen LogP contribution in [-0.4, -0.2) is 30.1 Å². The van der Waals surface area contributed by atoms with E-state index in [9.17, 15) is 0 Å². The minimum atomic E-state index is 0.739. The Bertz CT molecular complexity index is 281. The summed E-state index contributed by atoms with van der Waals surface area (Å²) in [7, 11) is 0. The molecule has 1 aromatic rings. The van der Waals surface area contributed by atoms with Crippen LogP contribution in [0.2, 0.25) is 0 Å². The third-order valence-corrected chi connectivity index (χ3v) is 2.44. The molecule has 0 aliphatic rings. The van der Waals surface area contributed by atoms with Crippen LogP contribution < -0.4 is 10.1 Å². The topological polar surface area (TPSA) is 34.1 Å². The van der Waals surface area contributed by atoms with Crippen LogP contribution in [0.5, 0.6) is 5.75 Å². The van der Waals surface area contributed by atoms with Crippen LogP contribution in [-0.2, 0) is 0 Å². The van der Waals surface area contributed by atoms with Crippen molar-refractivity contribution in [2.75, 3.05) is 30.5 Å². The first kappa shape index (κ1) is 12.2. The number of pyridine rings is 1. The Morgan fingerprint density at radius 3 is 3.13 bits per heavy atom. The van der Waals surface area contributed by atoms with Crippen molar-refractivity contribution in [2.45, 2.75) is 13.3 Å². The van der Waals surface area contributed by atoms with Gasteiger partial charge in [-0.15, -0.1) is 0 Å². The molecular weight excluding hydrogens is 208 g/mol. The summed E-state index contributed by atoms with van der Waals surface area (Å²) < 4.78 is 5.59. The van der Waals surface area contributed by atoms with Crippen molar-refractivity contribution in [1.29, 1.82) is 0 Å². The summed E-state index contributed by atoms with van der Waals surface area (Å²) in [4.78, 5) is 4.26. The summed E-state index contributed by atoms with van der Waals surface area (Å²) in [6, 6.07) is 3.84. The lowest BCUT2D eigenvalue weighted by atomic mass is 10.4. The van der Waals surface area contributed by atoms with Gasteiger partial charge in [0.15, 0.2) is 11.6 Å². The fourth-order valence-electron chi connectivity index (χ4n) is 1.12. The molecule has 0 saturated carbocycles. The zero-order valence-corrected chi connectivity index (χ0v) is 10.1. The molecule has 0 aromatic carbocycles. The van der Waals surface area contributed by atoms with E-state index in [0.717, 1.165) is 36.9 Å². The van der Waals surface area contributed by atoms with Crippen LogP contribution in [0.1, 0.15) is 13.3 Å². The molecule has 15 heavy (non-hydrogen) atoms. The van der Waals surface area contributed by atoms with Crippen molar-refractivity contribution in [3.05, 3.63) is 18.3 Å². The molecule has 0 saturated heterocycles. The Labute approximate surface area is 95.6 Å². The van der Waals surface area contributed by atoms with Gasteiger partial charge in [0, 0.05) is 18.5 Å². The molecule has 0 fully saturated rings. The Morgan fingerprint density at radius 2 is 2.40 bits per heavy atom. The van der Waals surface area contributed by atoms with E-state index in [1.807, 2.05) is 23.9 Å². The SMILES string of the molecule is CCCOc1cccnc1NCCSC. The molecule has 0 radical (unpaired) electrons. The van der Waals surface area contributed by atoms with Crippen molar-refractivity contribution in [2.24, 2.45) is 0 Å². The summed E-state index contributed by atoms with van der Waals surface area (Å²) in [6.07, 6.45) is 4.88. The smallest absolute Gasteiger partial charge is 0.168 e. The zero-order chi connectivity index (χ0) is 10.9. The highest BCUT2D eigenvalue weighted by atomic mass is 32.2. The van der Waals surface area contributed by atoms with Gasteiger partial charge in [0.25, 0.3) is 0 Å².